The molecule has 3 heterocycles. The van der Waals surface area contributed by atoms with Crippen LogP contribution in [0, 0.1) is 0 Å². The Morgan fingerprint density at radius 1 is 1.43 bits per heavy atom. The van der Waals surface area contributed by atoms with Crippen molar-refractivity contribution in [2.75, 3.05) is 6.54 Å². The summed E-state index contributed by atoms with van der Waals surface area (Å²) in [6.07, 6.45) is 10.1. The van der Waals surface area contributed by atoms with Gasteiger partial charge in [-0.25, -0.2) is 0 Å². The average Bonchev–Trinajstić information content (AvgIpc) is 3.21. The highest BCUT2D eigenvalue weighted by Gasteiger charge is 2.14. The Balaban J connectivity index is 1.46. The van der Waals surface area contributed by atoms with Gasteiger partial charge in [-0.05, 0) is 25.8 Å². The Kier molecular flexibility index (Phi) is 5.02. The first-order chi connectivity index (χ1) is 11.2. The Labute approximate surface area is 135 Å². The lowest BCUT2D eigenvalue weighted by molar-refractivity contribution is 0.0946. The van der Waals surface area contributed by atoms with Crippen LogP contribution in [-0.4, -0.2) is 43.3 Å². The third kappa shape index (κ3) is 4.38. The van der Waals surface area contributed by atoms with Crippen molar-refractivity contribution in [1.29, 1.82) is 0 Å². The maximum absolute atomic E-state index is 12.1. The number of hydrogen-bond acceptors (Lipinski definition) is 5. The van der Waals surface area contributed by atoms with Crippen LogP contribution < -0.4 is 10.6 Å². The number of aromatic nitrogens is 5. The molecule has 0 spiro atoms. The number of hydrogen-bond donors (Lipinski definition) is 2. The third-order valence-electron chi connectivity index (χ3n) is 4.10. The highest BCUT2D eigenvalue weighted by Crippen LogP contribution is 2.10. The molecular formula is C15H23N7O. The fourth-order valence-electron chi connectivity index (χ4n) is 2.81. The van der Waals surface area contributed by atoms with Gasteiger partial charge in [0.1, 0.15) is 0 Å². The molecule has 2 aromatic rings. The van der Waals surface area contributed by atoms with E-state index in [0.29, 0.717) is 18.3 Å². The van der Waals surface area contributed by atoms with Gasteiger partial charge in [-0.3, -0.25) is 14.2 Å². The predicted octanol–water partition coefficient (Wildman–Crippen LogP) is 0.474. The number of carbonyl (C=O) groups excluding carboxylic acids is 1. The number of nitrogens with one attached hydrogen (secondary N) is 2. The van der Waals surface area contributed by atoms with E-state index in [0.717, 1.165) is 25.1 Å². The molecule has 1 amide bonds. The van der Waals surface area contributed by atoms with Crippen LogP contribution >= 0.6 is 0 Å². The molecule has 1 aliphatic rings. The van der Waals surface area contributed by atoms with Gasteiger partial charge in [-0.2, -0.15) is 5.10 Å². The molecule has 0 radical (unpaired) electrons. The first-order valence-electron chi connectivity index (χ1n) is 8.10. The molecule has 1 atom stereocenters. The molecule has 1 saturated heterocycles. The largest absolute Gasteiger partial charge is 0.346 e. The van der Waals surface area contributed by atoms with E-state index in [2.05, 4.69) is 26.0 Å². The molecule has 3 rings (SSSR count). The SMILES string of the molecule is Cn1cc(CNC(=O)c2cn(CCC3CCCCN3)nn2)cn1. The molecule has 2 aromatic heterocycles. The van der Waals surface area contributed by atoms with Crippen LogP contribution in [0.1, 0.15) is 41.7 Å². The molecule has 1 fully saturated rings. The molecule has 0 aromatic carbocycles. The van der Waals surface area contributed by atoms with E-state index in [1.54, 1.807) is 21.8 Å². The molecule has 124 valence electrons. The second-order valence-electron chi connectivity index (χ2n) is 6.01. The van der Waals surface area contributed by atoms with Crippen LogP contribution in [0.2, 0.25) is 0 Å². The lowest BCUT2D eigenvalue weighted by atomic mass is 10.0. The van der Waals surface area contributed by atoms with Crippen LogP contribution in [0.15, 0.2) is 18.6 Å². The second kappa shape index (κ2) is 7.36. The van der Waals surface area contributed by atoms with Crippen molar-refractivity contribution < 1.29 is 4.79 Å². The highest BCUT2D eigenvalue weighted by atomic mass is 16.2. The Bertz CT molecular complexity index is 642. The van der Waals surface area contributed by atoms with E-state index < -0.39 is 0 Å². The summed E-state index contributed by atoms with van der Waals surface area (Å²) in [4.78, 5) is 12.1. The maximum atomic E-state index is 12.1. The summed E-state index contributed by atoms with van der Waals surface area (Å²) in [5, 5.41) is 18.4. The molecule has 8 heteroatoms. The predicted molar refractivity (Wildman–Crippen MR) is 84.7 cm³/mol. The molecule has 0 bridgehead atoms. The molecule has 1 unspecified atom stereocenters. The first kappa shape index (κ1) is 15.7. The van der Waals surface area contributed by atoms with Gasteiger partial charge in [-0.1, -0.05) is 11.6 Å². The number of rotatable bonds is 6. The first-order valence-corrected chi connectivity index (χ1v) is 8.10. The van der Waals surface area contributed by atoms with Crippen LogP contribution in [0.4, 0.5) is 0 Å². The summed E-state index contributed by atoms with van der Waals surface area (Å²) in [5.74, 6) is -0.212. The van der Waals surface area contributed by atoms with Gasteiger partial charge < -0.3 is 10.6 Å². The molecule has 0 aliphatic carbocycles. The van der Waals surface area contributed by atoms with Gasteiger partial charge in [0, 0.05) is 37.9 Å². The summed E-state index contributed by atoms with van der Waals surface area (Å²) in [7, 11) is 1.85. The summed E-state index contributed by atoms with van der Waals surface area (Å²) in [5.41, 5.74) is 1.31. The molecule has 1 aliphatic heterocycles. The zero-order chi connectivity index (χ0) is 16.1. The molecule has 23 heavy (non-hydrogen) atoms. The minimum absolute atomic E-state index is 0.212. The lowest BCUT2D eigenvalue weighted by Crippen LogP contribution is -2.34. The minimum atomic E-state index is -0.212. The van der Waals surface area contributed by atoms with Gasteiger partial charge in [0.2, 0.25) is 0 Å². The number of nitrogens with zero attached hydrogens (tertiary/aromatic N) is 5. The topological polar surface area (TPSA) is 89.7 Å². The van der Waals surface area contributed by atoms with Gasteiger partial charge >= 0.3 is 0 Å². The molecule has 2 N–H and O–H groups in total. The van der Waals surface area contributed by atoms with Crippen molar-refractivity contribution in [3.63, 3.8) is 0 Å². The van der Waals surface area contributed by atoms with E-state index in [1.807, 2.05) is 13.2 Å². The van der Waals surface area contributed by atoms with Gasteiger partial charge in [0.25, 0.3) is 5.91 Å². The van der Waals surface area contributed by atoms with Crippen LogP contribution in [-0.2, 0) is 20.1 Å². The van der Waals surface area contributed by atoms with E-state index in [4.69, 9.17) is 0 Å². The van der Waals surface area contributed by atoms with Crippen LogP contribution in [0.3, 0.4) is 0 Å². The van der Waals surface area contributed by atoms with Crippen molar-refractivity contribution in [3.05, 3.63) is 29.8 Å². The molecule has 8 nitrogen and oxygen atoms in total. The summed E-state index contributed by atoms with van der Waals surface area (Å²) in [6.45, 7) is 2.32. The maximum Gasteiger partial charge on any atom is 0.273 e. The number of carbonyl (C=O) groups is 1. The van der Waals surface area contributed by atoms with Gasteiger partial charge in [-0.15, -0.1) is 5.10 Å². The van der Waals surface area contributed by atoms with Crippen molar-refractivity contribution in [2.24, 2.45) is 7.05 Å². The van der Waals surface area contributed by atoms with Crippen molar-refractivity contribution in [3.8, 4) is 0 Å². The fraction of sp³-hybridized carbons (Fsp3) is 0.600. The Morgan fingerprint density at radius 2 is 2.35 bits per heavy atom. The zero-order valence-corrected chi connectivity index (χ0v) is 13.4. The minimum Gasteiger partial charge on any atom is -0.346 e. The molecular weight excluding hydrogens is 294 g/mol. The number of aryl methyl sites for hydroxylation is 2. The summed E-state index contributed by atoms with van der Waals surface area (Å²) >= 11 is 0. The quantitative estimate of drug-likeness (QED) is 0.808. The summed E-state index contributed by atoms with van der Waals surface area (Å²) in [6, 6.07) is 0.552. The van der Waals surface area contributed by atoms with Crippen molar-refractivity contribution in [2.45, 2.75) is 44.8 Å². The van der Waals surface area contributed by atoms with Gasteiger partial charge in [0.05, 0.1) is 12.4 Å². The summed E-state index contributed by atoms with van der Waals surface area (Å²) < 4.78 is 3.45. The molecule has 0 saturated carbocycles. The number of amides is 1. The van der Waals surface area contributed by atoms with Gasteiger partial charge in [0.15, 0.2) is 5.69 Å². The van der Waals surface area contributed by atoms with E-state index in [-0.39, 0.29) is 5.91 Å². The average molecular weight is 317 g/mol. The smallest absolute Gasteiger partial charge is 0.273 e. The van der Waals surface area contributed by atoms with Crippen molar-refractivity contribution >= 4 is 5.91 Å². The lowest BCUT2D eigenvalue weighted by Gasteiger charge is -2.23. The standard InChI is InChI=1S/C15H23N7O/c1-21-10-12(9-18-21)8-17-15(23)14-11-22(20-19-14)7-5-13-4-2-3-6-16-13/h9-11,13,16H,2-8H2,1H3,(H,17,23). The zero-order valence-electron chi connectivity index (χ0n) is 13.4. The highest BCUT2D eigenvalue weighted by molar-refractivity contribution is 5.91. The van der Waals surface area contributed by atoms with E-state index in [1.165, 1.54) is 19.3 Å². The van der Waals surface area contributed by atoms with Crippen LogP contribution in [0.25, 0.3) is 0 Å². The Morgan fingerprint density at radius 3 is 3.09 bits per heavy atom. The van der Waals surface area contributed by atoms with E-state index >= 15 is 0 Å². The second-order valence-corrected chi connectivity index (χ2v) is 6.01. The third-order valence-corrected chi connectivity index (χ3v) is 4.10. The normalized spacial score (nSPS) is 18.0. The van der Waals surface area contributed by atoms with E-state index in [9.17, 15) is 4.79 Å². The fourth-order valence-corrected chi connectivity index (χ4v) is 2.81. The van der Waals surface area contributed by atoms with Crippen LogP contribution in [0.5, 0.6) is 0 Å². The number of piperidine rings is 1. The Hall–Kier alpha value is -2.22. The monoisotopic (exact) mass is 317 g/mol. The van der Waals surface area contributed by atoms with Crippen molar-refractivity contribution in [1.82, 2.24) is 35.4 Å².